The molecule has 0 amide bonds. The second kappa shape index (κ2) is 3.14. The van der Waals surface area contributed by atoms with Crippen molar-refractivity contribution in [3.63, 3.8) is 0 Å². The number of carbonyl (C=O) groups excluding carboxylic acids is 1. The number of hydrogen-bond donors (Lipinski definition) is 0. The fourth-order valence-corrected chi connectivity index (χ4v) is 2.69. The van der Waals surface area contributed by atoms with Crippen molar-refractivity contribution in [3.05, 3.63) is 11.7 Å². The van der Waals surface area contributed by atoms with E-state index < -0.39 is 0 Å². The maximum absolute atomic E-state index is 10.3. The first-order valence-electron chi connectivity index (χ1n) is 4.18. The Labute approximate surface area is 80.1 Å². The van der Waals surface area contributed by atoms with Crippen LogP contribution in [-0.4, -0.2) is 22.2 Å². The van der Waals surface area contributed by atoms with Gasteiger partial charge in [-0.2, -0.15) is 4.98 Å². The first-order valence-corrected chi connectivity index (χ1v) is 5.16. The molecule has 1 atom stereocenters. The molecule has 1 aliphatic rings. The summed E-state index contributed by atoms with van der Waals surface area (Å²) in [6.45, 7) is 2.09. The first-order chi connectivity index (χ1) is 6.24. The quantitative estimate of drug-likeness (QED) is 0.676. The average Bonchev–Trinajstić information content (AvgIpc) is 2.72. The van der Waals surface area contributed by atoms with Crippen molar-refractivity contribution in [1.29, 1.82) is 0 Å². The smallest absolute Gasteiger partial charge is 0.290 e. The van der Waals surface area contributed by atoms with Gasteiger partial charge in [0.05, 0.1) is 4.75 Å². The van der Waals surface area contributed by atoms with Crippen LogP contribution in [0, 0.1) is 0 Å². The van der Waals surface area contributed by atoms with Gasteiger partial charge < -0.3 is 4.52 Å². The number of aldehydes is 1. The summed E-state index contributed by atoms with van der Waals surface area (Å²) in [7, 11) is 0. The lowest BCUT2D eigenvalue weighted by atomic mass is 10.1. The Bertz CT molecular complexity index is 318. The SMILES string of the molecule is CC1(c2noc(C=O)n2)CCCS1. The van der Waals surface area contributed by atoms with E-state index in [1.165, 1.54) is 6.42 Å². The minimum atomic E-state index is -0.0508. The molecule has 0 bridgehead atoms. The maximum atomic E-state index is 10.3. The summed E-state index contributed by atoms with van der Waals surface area (Å²) >= 11 is 1.82. The molecule has 13 heavy (non-hydrogen) atoms. The van der Waals surface area contributed by atoms with Gasteiger partial charge >= 0.3 is 0 Å². The fourth-order valence-electron chi connectivity index (χ4n) is 1.45. The molecular formula is C8H10N2O2S. The van der Waals surface area contributed by atoms with Crippen molar-refractivity contribution in [2.45, 2.75) is 24.5 Å². The van der Waals surface area contributed by atoms with Crippen LogP contribution in [0.1, 0.15) is 36.3 Å². The molecule has 0 N–H and O–H groups in total. The van der Waals surface area contributed by atoms with Crippen LogP contribution in [-0.2, 0) is 4.75 Å². The third-order valence-electron chi connectivity index (χ3n) is 2.23. The largest absolute Gasteiger partial charge is 0.331 e. The van der Waals surface area contributed by atoms with Crippen LogP contribution in [0.5, 0.6) is 0 Å². The fraction of sp³-hybridized carbons (Fsp3) is 0.625. The molecule has 0 aliphatic carbocycles. The highest BCUT2D eigenvalue weighted by Gasteiger charge is 2.35. The van der Waals surface area contributed by atoms with Gasteiger partial charge in [0.1, 0.15) is 0 Å². The molecule has 1 aliphatic heterocycles. The summed E-state index contributed by atoms with van der Waals surface area (Å²) < 4.78 is 4.70. The number of aromatic nitrogens is 2. The first kappa shape index (κ1) is 8.74. The highest BCUT2D eigenvalue weighted by molar-refractivity contribution is 8.00. The molecule has 1 aromatic heterocycles. The Morgan fingerprint density at radius 1 is 1.69 bits per heavy atom. The number of nitrogens with zero attached hydrogens (tertiary/aromatic N) is 2. The van der Waals surface area contributed by atoms with E-state index in [0.29, 0.717) is 12.1 Å². The molecule has 5 heteroatoms. The van der Waals surface area contributed by atoms with E-state index in [9.17, 15) is 4.79 Å². The highest BCUT2D eigenvalue weighted by Crippen LogP contribution is 2.44. The Balaban J connectivity index is 2.28. The maximum Gasteiger partial charge on any atom is 0.290 e. The van der Waals surface area contributed by atoms with E-state index in [4.69, 9.17) is 4.52 Å². The minimum absolute atomic E-state index is 0.0508. The Kier molecular flexibility index (Phi) is 2.11. The topological polar surface area (TPSA) is 56.0 Å². The molecule has 1 saturated heterocycles. The van der Waals surface area contributed by atoms with Crippen LogP contribution < -0.4 is 0 Å². The second-order valence-electron chi connectivity index (χ2n) is 3.26. The van der Waals surface area contributed by atoms with Crippen molar-refractivity contribution in [2.24, 2.45) is 0 Å². The van der Waals surface area contributed by atoms with Gasteiger partial charge in [0, 0.05) is 0 Å². The predicted octanol–water partition coefficient (Wildman–Crippen LogP) is 1.62. The van der Waals surface area contributed by atoms with Crippen molar-refractivity contribution < 1.29 is 9.32 Å². The van der Waals surface area contributed by atoms with E-state index in [2.05, 4.69) is 17.1 Å². The standard InChI is InChI=1S/C8H10N2O2S/c1-8(3-2-4-13-8)7-9-6(5-11)12-10-7/h5H,2-4H2,1H3. The highest BCUT2D eigenvalue weighted by atomic mass is 32.2. The summed E-state index contributed by atoms with van der Waals surface area (Å²) in [6.07, 6.45) is 2.81. The van der Waals surface area contributed by atoms with E-state index in [1.54, 1.807) is 0 Å². The van der Waals surface area contributed by atoms with Gasteiger partial charge in [0.2, 0.25) is 6.29 Å². The lowest BCUT2D eigenvalue weighted by Gasteiger charge is -2.16. The van der Waals surface area contributed by atoms with Crippen LogP contribution in [0.2, 0.25) is 0 Å². The van der Waals surface area contributed by atoms with Gasteiger partial charge in [-0.05, 0) is 25.5 Å². The molecule has 1 unspecified atom stereocenters. The monoisotopic (exact) mass is 198 g/mol. The van der Waals surface area contributed by atoms with Gasteiger partial charge in [0.25, 0.3) is 5.89 Å². The lowest BCUT2D eigenvalue weighted by Crippen LogP contribution is -2.14. The van der Waals surface area contributed by atoms with Crippen molar-refractivity contribution in [3.8, 4) is 0 Å². The van der Waals surface area contributed by atoms with E-state index in [-0.39, 0.29) is 10.6 Å². The molecule has 2 heterocycles. The summed E-state index contributed by atoms with van der Waals surface area (Å²) in [5, 5.41) is 3.80. The third kappa shape index (κ3) is 1.48. The van der Waals surface area contributed by atoms with E-state index in [1.807, 2.05) is 11.8 Å². The molecular weight excluding hydrogens is 188 g/mol. The zero-order valence-electron chi connectivity index (χ0n) is 7.32. The van der Waals surface area contributed by atoms with Crippen LogP contribution in [0.3, 0.4) is 0 Å². The van der Waals surface area contributed by atoms with Gasteiger partial charge in [-0.3, -0.25) is 4.79 Å². The Morgan fingerprint density at radius 3 is 3.08 bits per heavy atom. The van der Waals surface area contributed by atoms with Crippen LogP contribution in [0.25, 0.3) is 0 Å². The lowest BCUT2D eigenvalue weighted by molar-refractivity contribution is 0.108. The Morgan fingerprint density at radius 2 is 2.54 bits per heavy atom. The number of rotatable bonds is 2. The normalized spacial score (nSPS) is 27.8. The molecule has 0 radical (unpaired) electrons. The van der Waals surface area contributed by atoms with Gasteiger partial charge in [-0.15, -0.1) is 11.8 Å². The summed E-state index contributed by atoms with van der Waals surface area (Å²) in [4.78, 5) is 14.4. The predicted molar refractivity (Wildman–Crippen MR) is 48.7 cm³/mol. The molecule has 70 valence electrons. The summed E-state index contributed by atoms with van der Waals surface area (Å²) in [5.74, 6) is 1.85. The zero-order chi connectivity index (χ0) is 9.31. The third-order valence-corrected chi connectivity index (χ3v) is 3.75. The van der Waals surface area contributed by atoms with Crippen LogP contribution in [0.15, 0.2) is 4.52 Å². The molecule has 0 saturated carbocycles. The van der Waals surface area contributed by atoms with Crippen molar-refractivity contribution in [1.82, 2.24) is 10.1 Å². The second-order valence-corrected chi connectivity index (χ2v) is 4.85. The zero-order valence-corrected chi connectivity index (χ0v) is 8.13. The summed E-state index contributed by atoms with van der Waals surface area (Å²) in [5.41, 5.74) is 0. The average molecular weight is 198 g/mol. The Hall–Kier alpha value is -0.840. The van der Waals surface area contributed by atoms with Crippen molar-refractivity contribution >= 4 is 18.0 Å². The molecule has 0 aromatic carbocycles. The molecule has 0 spiro atoms. The van der Waals surface area contributed by atoms with Crippen LogP contribution >= 0.6 is 11.8 Å². The molecule has 4 nitrogen and oxygen atoms in total. The number of thioether (sulfide) groups is 1. The molecule has 1 aromatic rings. The van der Waals surface area contributed by atoms with Gasteiger partial charge in [-0.1, -0.05) is 5.16 Å². The molecule has 2 rings (SSSR count). The van der Waals surface area contributed by atoms with Gasteiger partial charge in [0.15, 0.2) is 5.82 Å². The van der Waals surface area contributed by atoms with Crippen LogP contribution in [0.4, 0.5) is 0 Å². The van der Waals surface area contributed by atoms with E-state index >= 15 is 0 Å². The van der Waals surface area contributed by atoms with Crippen molar-refractivity contribution in [2.75, 3.05) is 5.75 Å². The summed E-state index contributed by atoms with van der Waals surface area (Å²) in [6, 6.07) is 0. The number of hydrogen-bond acceptors (Lipinski definition) is 5. The minimum Gasteiger partial charge on any atom is -0.331 e. The van der Waals surface area contributed by atoms with Gasteiger partial charge in [-0.25, -0.2) is 0 Å². The molecule has 1 fully saturated rings. The number of carbonyl (C=O) groups is 1. The van der Waals surface area contributed by atoms with E-state index in [0.717, 1.165) is 12.2 Å².